The molecule has 0 aromatic carbocycles. The fourth-order valence-electron chi connectivity index (χ4n) is 1.17. The molecule has 3 nitrogen and oxygen atoms in total. The lowest BCUT2D eigenvalue weighted by atomic mass is 10.1. The summed E-state index contributed by atoms with van der Waals surface area (Å²) in [5.41, 5.74) is 1.23. The highest BCUT2D eigenvalue weighted by Crippen LogP contribution is 2.09. The van der Waals surface area contributed by atoms with Gasteiger partial charge >= 0.3 is 0 Å². The molecule has 1 aromatic heterocycles. The first-order valence-electron chi connectivity index (χ1n) is 4.58. The van der Waals surface area contributed by atoms with Gasteiger partial charge in [0.15, 0.2) is 0 Å². The van der Waals surface area contributed by atoms with Crippen LogP contribution in [0.2, 0.25) is 0 Å². The average Bonchev–Trinajstić information content (AvgIpc) is 2.19. The number of pyridine rings is 1. The second-order valence-corrected chi connectivity index (χ2v) is 3.03. The van der Waals surface area contributed by atoms with Crippen molar-refractivity contribution in [2.75, 3.05) is 13.2 Å². The Balaban J connectivity index is 2.35. The molecule has 0 amide bonds. The van der Waals surface area contributed by atoms with Crippen LogP contribution in [-0.2, 0) is 0 Å². The first-order chi connectivity index (χ1) is 6.34. The minimum absolute atomic E-state index is 0.246. The van der Waals surface area contributed by atoms with E-state index in [0.29, 0.717) is 6.04 Å². The van der Waals surface area contributed by atoms with Gasteiger partial charge in [0.25, 0.3) is 0 Å². The SMILES string of the molecule is CC(NCCCO)c1ccncc1. The van der Waals surface area contributed by atoms with E-state index in [1.54, 1.807) is 12.4 Å². The van der Waals surface area contributed by atoms with Gasteiger partial charge in [-0.2, -0.15) is 0 Å². The van der Waals surface area contributed by atoms with Crippen LogP contribution in [0.5, 0.6) is 0 Å². The second-order valence-electron chi connectivity index (χ2n) is 3.03. The quantitative estimate of drug-likeness (QED) is 0.667. The average molecular weight is 180 g/mol. The number of nitrogens with zero attached hydrogens (tertiary/aromatic N) is 1. The Morgan fingerprint density at radius 1 is 1.46 bits per heavy atom. The highest BCUT2D eigenvalue weighted by molar-refractivity contribution is 5.13. The molecular weight excluding hydrogens is 164 g/mol. The van der Waals surface area contributed by atoms with Crippen LogP contribution in [0.25, 0.3) is 0 Å². The first kappa shape index (κ1) is 10.2. The Morgan fingerprint density at radius 3 is 2.77 bits per heavy atom. The molecule has 1 heterocycles. The summed E-state index contributed by atoms with van der Waals surface area (Å²) in [6.07, 6.45) is 4.38. The predicted molar refractivity (Wildman–Crippen MR) is 52.4 cm³/mol. The van der Waals surface area contributed by atoms with E-state index in [1.165, 1.54) is 5.56 Å². The fourth-order valence-corrected chi connectivity index (χ4v) is 1.17. The van der Waals surface area contributed by atoms with Gasteiger partial charge in [0.1, 0.15) is 0 Å². The molecule has 3 heteroatoms. The minimum Gasteiger partial charge on any atom is -0.396 e. The van der Waals surface area contributed by atoms with Crippen LogP contribution in [0.4, 0.5) is 0 Å². The van der Waals surface area contributed by atoms with Gasteiger partial charge in [-0.05, 0) is 37.6 Å². The molecule has 1 unspecified atom stereocenters. The maximum absolute atomic E-state index is 8.60. The number of rotatable bonds is 5. The van der Waals surface area contributed by atoms with Crippen LogP contribution >= 0.6 is 0 Å². The molecular formula is C10H16N2O. The largest absolute Gasteiger partial charge is 0.396 e. The fraction of sp³-hybridized carbons (Fsp3) is 0.500. The first-order valence-corrected chi connectivity index (χ1v) is 4.58. The lowest BCUT2D eigenvalue weighted by Gasteiger charge is -2.12. The minimum atomic E-state index is 0.246. The van der Waals surface area contributed by atoms with Gasteiger partial charge in [-0.1, -0.05) is 0 Å². The van der Waals surface area contributed by atoms with Gasteiger partial charge < -0.3 is 10.4 Å². The standard InChI is InChI=1S/C10H16N2O/c1-9(12-5-2-8-13)10-3-6-11-7-4-10/h3-4,6-7,9,12-13H,2,5,8H2,1H3. The van der Waals surface area contributed by atoms with E-state index < -0.39 is 0 Å². The number of aliphatic hydroxyl groups excluding tert-OH is 1. The second kappa shape index (κ2) is 5.67. The van der Waals surface area contributed by atoms with Gasteiger partial charge in [0.2, 0.25) is 0 Å². The zero-order chi connectivity index (χ0) is 9.52. The highest BCUT2D eigenvalue weighted by Gasteiger charge is 2.01. The summed E-state index contributed by atoms with van der Waals surface area (Å²) in [5.74, 6) is 0. The van der Waals surface area contributed by atoms with Gasteiger partial charge in [-0.15, -0.1) is 0 Å². The topological polar surface area (TPSA) is 45.1 Å². The molecule has 0 radical (unpaired) electrons. The molecule has 72 valence electrons. The lowest BCUT2D eigenvalue weighted by Crippen LogP contribution is -2.20. The number of nitrogens with one attached hydrogen (secondary N) is 1. The van der Waals surface area contributed by atoms with E-state index in [1.807, 2.05) is 12.1 Å². The summed E-state index contributed by atoms with van der Waals surface area (Å²) in [6.45, 7) is 3.20. The lowest BCUT2D eigenvalue weighted by molar-refractivity contribution is 0.284. The predicted octanol–water partition coefficient (Wildman–Crippen LogP) is 1.11. The molecule has 0 aliphatic heterocycles. The van der Waals surface area contributed by atoms with Crippen LogP contribution in [0.15, 0.2) is 24.5 Å². The summed E-state index contributed by atoms with van der Waals surface area (Å²) in [5, 5.41) is 11.9. The third-order valence-electron chi connectivity index (χ3n) is 1.99. The molecule has 0 fully saturated rings. The Morgan fingerprint density at radius 2 is 2.15 bits per heavy atom. The summed E-state index contributed by atoms with van der Waals surface area (Å²) < 4.78 is 0. The molecule has 0 saturated carbocycles. The van der Waals surface area contributed by atoms with Crippen molar-refractivity contribution in [1.29, 1.82) is 0 Å². The van der Waals surface area contributed by atoms with E-state index in [2.05, 4.69) is 17.2 Å². The van der Waals surface area contributed by atoms with Crippen molar-refractivity contribution in [3.05, 3.63) is 30.1 Å². The molecule has 1 aromatic rings. The Labute approximate surface area is 78.8 Å². The summed E-state index contributed by atoms with van der Waals surface area (Å²) >= 11 is 0. The number of aliphatic hydroxyl groups is 1. The Bertz CT molecular complexity index is 226. The zero-order valence-electron chi connectivity index (χ0n) is 7.90. The highest BCUT2D eigenvalue weighted by atomic mass is 16.3. The smallest absolute Gasteiger partial charge is 0.0443 e. The molecule has 0 spiro atoms. The van der Waals surface area contributed by atoms with Crippen molar-refractivity contribution in [3.63, 3.8) is 0 Å². The molecule has 0 bridgehead atoms. The zero-order valence-corrected chi connectivity index (χ0v) is 7.90. The maximum atomic E-state index is 8.60. The number of aromatic nitrogens is 1. The number of hydrogen-bond acceptors (Lipinski definition) is 3. The molecule has 1 rings (SSSR count). The Hall–Kier alpha value is -0.930. The molecule has 0 aliphatic rings. The summed E-state index contributed by atoms with van der Waals surface area (Å²) in [4.78, 5) is 3.96. The third-order valence-corrected chi connectivity index (χ3v) is 1.99. The van der Waals surface area contributed by atoms with E-state index in [-0.39, 0.29) is 6.61 Å². The van der Waals surface area contributed by atoms with Crippen LogP contribution < -0.4 is 5.32 Å². The van der Waals surface area contributed by atoms with Crippen molar-refractivity contribution in [2.45, 2.75) is 19.4 Å². The molecule has 0 saturated heterocycles. The van der Waals surface area contributed by atoms with Crippen molar-refractivity contribution in [3.8, 4) is 0 Å². The molecule has 2 N–H and O–H groups in total. The van der Waals surface area contributed by atoms with E-state index in [0.717, 1.165) is 13.0 Å². The van der Waals surface area contributed by atoms with E-state index in [4.69, 9.17) is 5.11 Å². The molecule has 0 aliphatic carbocycles. The van der Waals surface area contributed by atoms with Crippen molar-refractivity contribution in [2.24, 2.45) is 0 Å². The normalized spacial score (nSPS) is 12.8. The van der Waals surface area contributed by atoms with Gasteiger partial charge in [-0.25, -0.2) is 0 Å². The summed E-state index contributed by atoms with van der Waals surface area (Å²) in [6, 6.07) is 4.32. The van der Waals surface area contributed by atoms with Gasteiger partial charge in [0.05, 0.1) is 0 Å². The molecule has 1 atom stereocenters. The van der Waals surface area contributed by atoms with Crippen LogP contribution in [-0.4, -0.2) is 23.2 Å². The van der Waals surface area contributed by atoms with Crippen molar-refractivity contribution >= 4 is 0 Å². The van der Waals surface area contributed by atoms with Crippen LogP contribution in [0.3, 0.4) is 0 Å². The monoisotopic (exact) mass is 180 g/mol. The van der Waals surface area contributed by atoms with Crippen molar-refractivity contribution < 1.29 is 5.11 Å². The maximum Gasteiger partial charge on any atom is 0.0443 e. The van der Waals surface area contributed by atoms with Gasteiger partial charge in [0, 0.05) is 25.0 Å². The Kier molecular flexibility index (Phi) is 4.43. The molecule has 13 heavy (non-hydrogen) atoms. The van der Waals surface area contributed by atoms with E-state index >= 15 is 0 Å². The summed E-state index contributed by atoms with van der Waals surface area (Å²) in [7, 11) is 0. The third kappa shape index (κ3) is 3.53. The van der Waals surface area contributed by atoms with Crippen LogP contribution in [0, 0.1) is 0 Å². The van der Waals surface area contributed by atoms with Crippen LogP contribution in [0.1, 0.15) is 24.9 Å². The van der Waals surface area contributed by atoms with Crippen molar-refractivity contribution in [1.82, 2.24) is 10.3 Å². The number of hydrogen-bond donors (Lipinski definition) is 2. The van der Waals surface area contributed by atoms with E-state index in [9.17, 15) is 0 Å². The van der Waals surface area contributed by atoms with Gasteiger partial charge in [-0.3, -0.25) is 4.98 Å².